The highest BCUT2D eigenvalue weighted by Crippen LogP contribution is 2.27. The summed E-state index contributed by atoms with van der Waals surface area (Å²) in [7, 11) is 0. The normalized spacial score (nSPS) is 11.2. The smallest absolute Gasteiger partial charge is 0.311 e. The maximum absolute atomic E-state index is 13.4. The van der Waals surface area contributed by atoms with Crippen molar-refractivity contribution in [2.45, 2.75) is 44.6 Å². The molecule has 0 atom stereocenters. The number of carbonyl (C=O) groups is 2. The Morgan fingerprint density at radius 1 is 0.923 bits per heavy atom. The number of benzene rings is 3. The molecule has 8 heteroatoms. The molecule has 2 N–H and O–H groups in total. The van der Waals surface area contributed by atoms with Gasteiger partial charge in [-0.3, -0.25) is 4.79 Å². The standard InChI is InChI=1S/C31H35N5O2S/c1-22-10-9-13-25(18-22)36-28(19-27(34-36)31(2,3)4)33-29(37)21-35(20-23-11-7-6-8-12-23)30(38)32-24-14-16-26(39-5)17-15-24/h6-19H,20-21H2,1-5H3,(H,32,38)(H,33,37). The zero-order chi connectivity index (χ0) is 28.0. The molecule has 3 amide bonds. The van der Waals surface area contributed by atoms with Crippen molar-refractivity contribution in [3.8, 4) is 5.69 Å². The van der Waals surface area contributed by atoms with Crippen LogP contribution in [0.1, 0.15) is 37.6 Å². The van der Waals surface area contributed by atoms with Crippen molar-refractivity contribution in [1.82, 2.24) is 14.7 Å². The second kappa shape index (κ2) is 12.2. The molecule has 7 nitrogen and oxygen atoms in total. The average Bonchev–Trinajstić information content (AvgIpc) is 3.33. The highest BCUT2D eigenvalue weighted by Gasteiger charge is 2.23. The predicted molar refractivity (Wildman–Crippen MR) is 160 cm³/mol. The Labute approximate surface area is 234 Å². The van der Waals surface area contributed by atoms with E-state index >= 15 is 0 Å². The Morgan fingerprint density at radius 2 is 1.64 bits per heavy atom. The summed E-state index contributed by atoms with van der Waals surface area (Å²) in [6.07, 6.45) is 2.00. The van der Waals surface area contributed by atoms with E-state index in [1.807, 2.05) is 98.1 Å². The highest BCUT2D eigenvalue weighted by molar-refractivity contribution is 7.98. The van der Waals surface area contributed by atoms with E-state index in [4.69, 9.17) is 5.10 Å². The first-order valence-electron chi connectivity index (χ1n) is 12.8. The predicted octanol–water partition coefficient (Wildman–Crippen LogP) is 6.87. The Kier molecular flexibility index (Phi) is 8.76. The molecule has 39 heavy (non-hydrogen) atoms. The van der Waals surface area contributed by atoms with Crippen LogP contribution in [0.2, 0.25) is 0 Å². The molecule has 4 rings (SSSR count). The Bertz CT molecular complexity index is 1430. The zero-order valence-electron chi connectivity index (χ0n) is 23.1. The van der Waals surface area contributed by atoms with Crippen molar-refractivity contribution in [2.24, 2.45) is 0 Å². The van der Waals surface area contributed by atoms with E-state index in [9.17, 15) is 9.59 Å². The number of nitrogens with zero attached hydrogens (tertiary/aromatic N) is 3. The fourth-order valence-electron chi connectivity index (χ4n) is 4.03. The number of hydrogen-bond acceptors (Lipinski definition) is 4. The lowest BCUT2D eigenvalue weighted by atomic mass is 9.92. The number of nitrogens with one attached hydrogen (secondary N) is 2. The van der Waals surface area contributed by atoms with Gasteiger partial charge in [-0.1, -0.05) is 63.2 Å². The fourth-order valence-corrected chi connectivity index (χ4v) is 4.44. The Hall–Kier alpha value is -4.04. The minimum Gasteiger partial charge on any atom is -0.311 e. The number of aromatic nitrogens is 2. The molecule has 0 aliphatic rings. The van der Waals surface area contributed by atoms with E-state index in [-0.39, 0.29) is 30.4 Å². The molecule has 0 bridgehead atoms. The van der Waals surface area contributed by atoms with E-state index in [1.165, 1.54) is 4.90 Å². The Morgan fingerprint density at radius 3 is 2.28 bits per heavy atom. The van der Waals surface area contributed by atoms with Crippen molar-refractivity contribution in [2.75, 3.05) is 23.4 Å². The molecule has 0 spiro atoms. The molecular weight excluding hydrogens is 506 g/mol. The second-order valence-electron chi connectivity index (χ2n) is 10.5. The minimum absolute atomic E-state index is 0.131. The fraction of sp³-hybridized carbons (Fsp3) is 0.258. The first-order valence-corrected chi connectivity index (χ1v) is 14.1. The molecule has 0 unspecified atom stereocenters. The van der Waals surface area contributed by atoms with Gasteiger partial charge in [-0.05, 0) is 60.7 Å². The van der Waals surface area contributed by atoms with Gasteiger partial charge in [0.05, 0.1) is 11.4 Å². The van der Waals surface area contributed by atoms with Crippen LogP contribution in [0.15, 0.2) is 89.8 Å². The number of urea groups is 1. The number of anilines is 2. The van der Waals surface area contributed by atoms with Gasteiger partial charge in [-0.2, -0.15) is 5.10 Å². The van der Waals surface area contributed by atoms with E-state index < -0.39 is 0 Å². The first-order chi connectivity index (χ1) is 18.6. The van der Waals surface area contributed by atoms with Gasteiger partial charge >= 0.3 is 6.03 Å². The van der Waals surface area contributed by atoms with E-state index in [1.54, 1.807) is 16.4 Å². The molecule has 0 saturated carbocycles. The summed E-state index contributed by atoms with van der Waals surface area (Å²) >= 11 is 1.63. The SMILES string of the molecule is CSc1ccc(NC(=O)N(CC(=O)Nc2cc(C(C)(C)C)nn2-c2cccc(C)c2)Cc2ccccc2)cc1. The van der Waals surface area contributed by atoms with Crippen molar-refractivity contribution in [3.63, 3.8) is 0 Å². The highest BCUT2D eigenvalue weighted by atomic mass is 32.2. The van der Waals surface area contributed by atoms with Gasteiger partial charge in [0.2, 0.25) is 5.91 Å². The maximum atomic E-state index is 13.4. The number of amides is 3. The summed E-state index contributed by atoms with van der Waals surface area (Å²) in [5.74, 6) is 0.247. The van der Waals surface area contributed by atoms with Gasteiger partial charge in [0, 0.05) is 28.6 Å². The molecule has 0 fully saturated rings. The summed E-state index contributed by atoms with van der Waals surface area (Å²) in [5, 5.41) is 10.7. The number of thioether (sulfide) groups is 1. The van der Waals surface area contributed by atoms with Crippen LogP contribution < -0.4 is 10.6 Å². The van der Waals surface area contributed by atoms with Gasteiger partial charge < -0.3 is 15.5 Å². The van der Waals surface area contributed by atoms with Crippen molar-refractivity contribution in [3.05, 3.63) is 102 Å². The summed E-state index contributed by atoms with van der Waals surface area (Å²) in [4.78, 5) is 29.3. The van der Waals surface area contributed by atoms with Gasteiger partial charge in [-0.15, -0.1) is 11.8 Å². The molecule has 0 aliphatic carbocycles. The van der Waals surface area contributed by atoms with Crippen LogP contribution in [0.4, 0.5) is 16.3 Å². The van der Waals surface area contributed by atoms with Crippen LogP contribution in [0, 0.1) is 6.92 Å². The van der Waals surface area contributed by atoms with Crippen molar-refractivity contribution >= 4 is 35.2 Å². The molecule has 4 aromatic rings. The van der Waals surface area contributed by atoms with Gasteiger partial charge in [0.1, 0.15) is 12.4 Å². The van der Waals surface area contributed by atoms with E-state index in [2.05, 4.69) is 31.4 Å². The molecule has 3 aromatic carbocycles. The molecule has 0 saturated heterocycles. The van der Waals surface area contributed by atoms with Gasteiger partial charge in [0.25, 0.3) is 0 Å². The molecule has 0 aliphatic heterocycles. The van der Waals surface area contributed by atoms with E-state index in [0.717, 1.165) is 27.4 Å². The third kappa shape index (κ3) is 7.51. The lowest BCUT2D eigenvalue weighted by molar-refractivity contribution is -0.116. The summed E-state index contributed by atoms with van der Waals surface area (Å²) in [5.41, 5.74) is 4.19. The zero-order valence-corrected chi connectivity index (χ0v) is 23.9. The lowest BCUT2D eigenvalue weighted by Gasteiger charge is -2.23. The minimum atomic E-state index is -0.353. The topological polar surface area (TPSA) is 79.3 Å². The van der Waals surface area contributed by atoms with Crippen LogP contribution in [0.3, 0.4) is 0 Å². The van der Waals surface area contributed by atoms with Crippen molar-refractivity contribution in [1.29, 1.82) is 0 Å². The number of rotatable bonds is 8. The number of carbonyl (C=O) groups excluding carboxylic acids is 2. The molecular formula is C31H35N5O2S. The Balaban J connectivity index is 1.57. The molecule has 0 radical (unpaired) electrons. The third-order valence-corrected chi connectivity index (χ3v) is 6.91. The summed E-state index contributed by atoms with van der Waals surface area (Å²) < 4.78 is 1.75. The molecule has 1 heterocycles. The lowest BCUT2D eigenvalue weighted by Crippen LogP contribution is -2.40. The van der Waals surface area contributed by atoms with Crippen LogP contribution >= 0.6 is 11.8 Å². The first kappa shape index (κ1) is 28.0. The van der Waals surface area contributed by atoms with E-state index in [0.29, 0.717) is 11.5 Å². The van der Waals surface area contributed by atoms with Gasteiger partial charge in [-0.25, -0.2) is 9.48 Å². The average molecular weight is 542 g/mol. The monoisotopic (exact) mass is 541 g/mol. The van der Waals surface area contributed by atoms with Crippen LogP contribution in [0.5, 0.6) is 0 Å². The van der Waals surface area contributed by atoms with Crippen LogP contribution in [-0.4, -0.2) is 39.4 Å². The molecule has 202 valence electrons. The third-order valence-electron chi connectivity index (χ3n) is 6.17. The van der Waals surface area contributed by atoms with Gasteiger partial charge in [0.15, 0.2) is 0 Å². The number of hydrogen-bond donors (Lipinski definition) is 2. The maximum Gasteiger partial charge on any atom is 0.322 e. The van der Waals surface area contributed by atoms with Crippen molar-refractivity contribution < 1.29 is 9.59 Å². The summed E-state index contributed by atoms with van der Waals surface area (Å²) in [6.45, 7) is 8.42. The quantitative estimate of drug-likeness (QED) is 0.239. The largest absolute Gasteiger partial charge is 0.322 e. The van der Waals surface area contributed by atoms with Crippen LogP contribution in [0.25, 0.3) is 5.69 Å². The molecule has 1 aromatic heterocycles. The summed E-state index contributed by atoms with van der Waals surface area (Å²) in [6, 6.07) is 26.8. The second-order valence-corrected chi connectivity index (χ2v) is 11.3. The van der Waals surface area contributed by atoms with Crippen LogP contribution in [-0.2, 0) is 16.8 Å². The number of aryl methyl sites for hydroxylation is 1.